The molecule has 1 heterocycles. The highest BCUT2D eigenvalue weighted by Crippen LogP contribution is 2.29. The molecule has 3 amide bonds. The van der Waals surface area contributed by atoms with Crippen LogP contribution in [0.3, 0.4) is 0 Å². The number of hydrogen-bond donors (Lipinski definition) is 1. The molecule has 0 aromatic rings. The number of rotatable bonds is 0. The molecule has 0 radical (unpaired) electrons. The van der Waals surface area contributed by atoms with Gasteiger partial charge in [0.2, 0.25) is 5.91 Å². The van der Waals surface area contributed by atoms with Crippen LogP contribution in [0.1, 0.15) is 19.3 Å². The molecule has 1 saturated heterocycles. The van der Waals surface area contributed by atoms with Gasteiger partial charge in [-0.3, -0.25) is 9.69 Å². The van der Waals surface area contributed by atoms with E-state index >= 15 is 0 Å². The monoisotopic (exact) mass is 168 g/mol. The van der Waals surface area contributed by atoms with Crippen molar-refractivity contribution in [3.05, 3.63) is 0 Å². The van der Waals surface area contributed by atoms with E-state index in [9.17, 15) is 9.59 Å². The molecule has 1 saturated carbocycles. The molecule has 66 valence electrons. The zero-order chi connectivity index (χ0) is 8.72. The highest BCUT2D eigenvalue weighted by atomic mass is 16.2. The molecule has 12 heavy (non-hydrogen) atoms. The Hall–Kier alpha value is -1.06. The van der Waals surface area contributed by atoms with Crippen molar-refractivity contribution in [2.24, 2.45) is 5.92 Å². The minimum absolute atomic E-state index is 0.0127. The number of fused-ring (bicyclic) bond motifs is 1. The zero-order valence-corrected chi connectivity index (χ0v) is 7.04. The van der Waals surface area contributed by atoms with Gasteiger partial charge in [-0.2, -0.15) is 0 Å². The summed E-state index contributed by atoms with van der Waals surface area (Å²) >= 11 is 0. The Bertz CT molecular complexity index is 239. The van der Waals surface area contributed by atoms with Gasteiger partial charge in [0.05, 0.1) is 5.92 Å². The number of amides is 3. The number of carbonyl (C=O) groups excluding carboxylic acids is 2. The summed E-state index contributed by atoms with van der Waals surface area (Å²) in [4.78, 5) is 23.8. The average molecular weight is 168 g/mol. The van der Waals surface area contributed by atoms with Crippen molar-refractivity contribution < 1.29 is 9.59 Å². The molecule has 4 heteroatoms. The van der Waals surface area contributed by atoms with Crippen molar-refractivity contribution in [2.75, 3.05) is 7.05 Å². The summed E-state index contributed by atoms with van der Waals surface area (Å²) in [6, 6.07) is -0.135. The van der Waals surface area contributed by atoms with E-state index in [1.807, 2.05) is 0 Å². The fourth-order valence-corrected chi connectivity index (χ4v) is 2.03. The first kappa shape index (κ1) is 7.58. The second kappa shape index (κ2) is 2.47. The molecule has 2 rings (SSSR count). The third-order valence-electron chi connectivity index (χ3n) is 2.78. The standard InChI is InChI=1S/C8H12N2O2/c1-10-7(11)5-3-2-4-6(5)9-8(10)12/h5-6H,2-4H2,1H3,(H,9,12). The zero-order valence-electron chi connectivity index (χ0n) is 7.04. The van der Waals surface area contributed by atoms with E-state index in [4.69, 9.17) is 0 Å². The molecule has 0 aromatic heterocycles. The lowest BCUT2D eigenvalue weighted by molar-refractivity contribution is -0.133. The molecule has 2 aliphatic rings. The molecule has 1 aliphatic carbocycles. The number of urea groups is 1. The quantitative estimate of drug-likeness (QED) is 0.567. The SMILES string of the molecule is CN1C(=O)NC2CCCC2C1=O. The molecule has 2 unspecified atom stereocenters. The van der Waals surface area contributed by atoms with Crippen LogP contribution in [0.5, 0.6) is 0 Å². The van der Waals surface area contributed by atoms with Gasteiger partial charge in [0.25, 0.3) is 0 Å². The van der Waals surface area contributed by atoms with E-state index in [2.05, 4.69) is 5.32 Å². The average Bonchev–Trinajstić information content (AvgIpc) is 2.48. The molecule has 1 N–H and O–H groups in total. The van der Waals surface area contributed by atoms with Crippen molar-refractivity contribution in [1.82, 2.24) is 10.2 Å². The van der Waals surface area contributed by atoms with Gasteiger partial charge in [0, 0.05) is 13.1 Å². The Balaban J connectivity index is 2.21. The third-order valence-corrected chi connectivity index (χ3v) is 2.78. The van der Waals surface area contributed by atoms with Crippen LogP contribution in [0, 0.1) is 5.92 Å². The second-order valence-electron chi connectivity index (χ2n) is 3.49. The van der Waals surface area contributed by atoms with Gasteiger partial charge in [0.1, 0.15) is 0 Å². The Morgan fingerprint density at radius 3 is 2.92 bits per heavy atom. The molecule has 1 aliphatic heterocycles. The molecule has 0 spiro atoms. The van der Waals surface area contributed by atoms with Gasteiger partial charge in [-0.15, -0.1) is 0 Å². The summed E-state index contributed by atoms with van der Waals surface area (Å²) < 4.78 is 0. The summed E-state index contributed by atoms with van der Waals surface area (Å²) in [5.41, 5.74) is 0. The number of nitrogens with one attached hydrogen (secondary N) is 1. The van der Waals surface area contributed by atoms with Crippen LogP contribution in [0.2, 0.25) is 0 Å². The van der Waals surface area contributed by atoms with Crippen LogP contribution >= 0.6 is 0 Å². The molecular formula is C8H12N2O2. The van der Waals surface area contributed by atoms with Crippen molar-refractivity contribution in [2.45, 2.75) is 25.3 Å². The maximum absolute atomic E-state index is 11.5. The molecule has 0 bridgehead atoms. The highest BCUT2D eigenvalue weighted by Gasteiger charge is 2.41. The van der Waals surface area contributed by atoms with Crippen LogP contribution in [0.15, 0.2) is 0 Å². The van der Waals surface area contributed by atoms with Crippen LogP contribution in [-0.4, -0.2) is 29.9 Å². The lowest BCUT2D eigenvalue weighted by Gasteiger charge is -2.31. The lowest BCUT2D eigenvalue weighted by Crippen LogP contribution is -2.56. The molecule has 4 nitrogen and oxygen atoms in total. The lowest BCUT2D eigenvalue weighted by atomic mass is 10.0. The van der Waals surface area contributed by atoms with Crippen molar-refractivity contribution in [3.63, 3.8) is 0 Å². The van der Waals surface area contributed by atoms with Gasteiger partial charge >= 0.3 is 6.03 Å². The Labute approximate surface area is 70.9 Å². The van der Waals surface area contributed by atoms with Gasteiger partial charge in [-0.1, -0.05) is 6.42 Å². The fraction of sp³-hybridized carbons (Fsp3) is 0.750. The van der Waals surface area contributed by atoms with Crippen molar-refractivity contribution in [3.8, 4) is 0 Å². The van der Waals surface area contributed by atoms with E-state index in [0.29, 0.717) is 0 Å². The summed E-state index contributed by atoms with van der Waals surface area (Å²) in [5.74, 6) is 0.0361. The first-order chi connectivity index (χ1) is 5.70. The number of imide groups is 1. The number of nitrogens with zero attached hydrogens (tertiary/aromatic N) is 1. The Morgan fingerprint density at radius 1 is 1.42 bits per heavy atom. The van der Waals surface area contributed by atoms with E-state index in [-0.39, 0.29) is 23.9 Å². The predicted octanol–water partition coefficient (Wildman–Crippen LogP) is 0.337. The van der Waals surface area contributed by atoms with E-state index < -0.39 is 0 Å². The topological polar surface area (TPSA) is 49.4 Å². The van der Waals surface area contributed by atoms with E-state index in [1.54, 1.807) is 0 Å². The van der Waals surface area contributed by atoms with Crippen LogP contribution < -0.4 is 5.32 Å². The number of hydrogen-bond acceptors (Lipinski definition) is 2. The first-order valence-corrected chi connectivity index (χ1v) is 4.28. The second-order valence-corrected chi connectivity index (χ2v) is 3.49. The summed E-state index contributed by atoms with van der Waals surface area (Å²) in [6.07, 6.45) is 2.93. The maximum atomic E-state index is 11.5. The molecular weight excluding hydrogens is 156 g/mol. The van der Waals surface area contributed by atoms with E-state index in [1.165, 1.54) is 11.9 Å². The Morgan fingerprint density at radius 2 is 2.17 bits per heavy atom. The van der Waals surface area contributed by atoms with Crippen molar-refractivity contribution >= 4 is 11.9 Å². The molecule has 2 atom stereocenters. The maximum Gasteiger partial charge on any atom is 0.324 e. The predicted molar refractivity (Wildman–Crippen MR) is 42.4 cm³/mol. The largest absolute Gasteiger partial charge is 0.334 e. The van der Waals surface area contributed by atoms with Crippen LogP contribution in [-0.2, 0) is 4.79 Å². The van der Waals surface area contributed by atoms with Gasteiger partial charge in [-0.25, -0.2) is 4.79 Å². The minimum atomic E-state index is -0.247. The Kier molecular flexibility index (Phi) is 1.56. The third kappa shape index (κ3) is 0.906. The van der Waals surface area contributed by atoms with Crippen molar-refractivity contribution in [1.29, 1.82) is 0 Å². The fourth-order valence-electron chi connectivity index (χ4n) is 2.03. The normalized spacial score (nSPS) is 34.9. The minimum Gasteiger partial charge on any atom is -0.334 e. The van der Waals surface area contributed by atoms with Crippen LogP contribution in [0.4, 0.5) is 4.79 Å². The van der Waals surface area contributed by atoms with Gasteiger partial charge in [-0.05, 0) is 12.8 Å². The highest BCUT2D eigenvalue weighted by molar-refractivity contribution is 5.98. The smallest absolute Gasteiger partial charge is 0.324 e. The first-order valence-electron chi connectivity index (χ1n) is 4.28. The van der Waals surface area contributed by atoms with Gasteiger partial charge in [0.15, 0.2) is 0 Å². The van der Waals surface area contributed by atoms with Gasteiger partial charge < -0.3 is 5.32 Å². The van der Waals surface area contributed by atoms with E-state index in [0.717, 1.165) is 19.3 Å². The number of carbonyl (C=O) groups is 2. The van der Waals surface area contributed by atoms with Crippen LogP contribution in [0.25, 0.3) is 0 Å². The summed E-state index contributed by atoms with van der Waals surface area (Å²) in [6.45, 7) is 0. The molecule has 2 fully saturated rings. The summed E-state index contributed by atoms with van der Waals surface area (Å²) in [7, 11) is 1.53. The summed E-state index contributed by atoms with van der Waals surface area (Å²) in [5, 5.41) is 2.82. The molecule has 0 aromatic carbocycles.